The summed E-state index contributed by atoms with van der Waals surface area (Å²) in [5.74, 6) is 0.705. The maximum absolute atomic E-state index is 2.68. The van der Waals surface area contributed by atoms with Gasteiger partial charge in [0.1, 0.15) is 0 Å². The fourth-order valence-electron chi connectivity index (χ4n) is 3.53. The molecule has 1 heterocycles. The quantitative estimate of drug-likeness (QED) is 0.743. The Balaban J connectivity index is 2.46. The lowest BCUT2D eigenvalue weighted by atomic mass is 9.88. The van der Waals surface area contributed by atoms with Gasteiger partial charge in [0.15, 0.2) is 0 Å². The predicted octanol–water partition coefficient (Wildman–Crippen LogP) is 3.55. The zero-order chi connectivity index (χ0) is 17.1. The van der Waals surface area contributed by atoms with E-state index in [2.05, 4.69) is 77.0 Å². The summed E-state index contributed by atoms with van der Waals surface area (Å²) in [6.07, 6.45) is 0. The second kappa shape index (κ2) is 7.63. The summed E-state index contributed by atoms with van der Waals surface area (Å²) >= 11 is 0. The highest BCUT2D eigenvalue weighted by Gasteiger charge is 2.32. The molecule has 3 nitrogen and oxygen atoms in total. The third-order valence-corrected chi connectivity index (χ3v) is 5.74. The smallest absolute Gasteiger partial charge is 0.0177 e. The van der Waals surface area contributed by atoms with Crippen molar-refractivity contribution in [1.82, 2.24) is 14.7 Å². The molecule has 0 aromatic carbocycles. The van der Waals surface area contributed by atoms with Crippen LogP contribution in [0.3, 0.4) is 0 Å². The minimum atomic E-state index is 0.260. The van der Waals surface area contributed by atoms with Crippen molar-refractivity contribution in [2.75, 3.05) is 39.3 Å². The van der Waals surface area contributed by atoms with E-state index in [1.165, 1.54) is 39.3 Å². The number of piperazine rings is 1. The Morgan fingerprint density at radius 3 is 1.73 bits per heavy atom. The second-order valence-corrected chi connectivity index (χ2v) is 9.10. The van der Waals surface area contributed by atoms with Gasteiger partial charge in [-0.15, -0.1) is 0 Å². The topological polar surface area (TPSA) is 9.72 Å². The molecule has 0 aromatic heterocycles. The lowest BCUT2D eigenvalue weighted by Crippen LogP contribution is -2.58. The van der Waals surface area contributed by atoms with E-state index in [1.807, 2.05) is 0 Å². The molecular formula is C19H41N3. The summed E-state index contributed by atoms with van der Waals surface area (Å²) in [6.45, 7) is 28.3. The Hall–Kier alpha value is -0.120. The molecule has 3 heteroatoms. The van der Waals surface area contributed by atoms with Gasteiger partial charge in [-0.05, 0) is 54.4 Å². The second-order valence-electron chi connectivity index (χ2n) is 9.10. The average Bonchev–Trinajstić information content (AvgIpc) is 2.37. The predicted molar refractivity (Wildman–Crippen MR) is 98.5 cm³/mol. The van der Waals surface area contributed by atoms with Crippen molar-refractivity contribution in [2.45, 2.75) is 79.4 Å². The molecule has 0 spiro atoms. The van der Waals surface area contributed by atoms with Crippen LogP contribution in [0.5, 0.6) is 0 Å². The normalized spacial score (nSPS) is 19.6. The Kier molecular flexibility index (Phi) is 6.91. The zero-order valence-electron chi connectivity index (χ0n) is 16.7. The fraction of sp³-hybridized carbons (Fsp3) is 1.00. The molecule has 1 saturated heterocycles. The third-order valence-electron chi connectivity index (χ3n) is 5.74. The monoisotopic (exact) mass is 311 g/mol. The van der Waals surface area contributed by atoms with Crippen LogP contribution < -0.4 is 0 Å². The summed E-state index contributed by atoms with van der Waals surface area (Å²) in [7, 11) is 0. The number of hydrogen-bond acceptors (Lipinski definition) is 3. The van der Waals surface area contributed by atoms with Crippen LogP contribution in [0.1, 0.15) is 62.3 Å². The molecule has 0 atom stereocenters. The molecule has 132 valence electrons. The molecule has 1 rings (SSSR count). The Bertz CT molecular complexity index is 320. The summed E-state index contributed by atoms with van der Waals surface area (Å²) in [5, 5.41) is 0. The van der Waals surface area contributed by atoms with E-state index in [4.69, 9.17) is 0 Å². The minimum Gasteiger partial charge on any atom is -0.300 e. The highest BCUT2D eigenvalue weighted by atomic mass is 15.3. The highest BCUT2D eigenvalue weighted by molar-refractivity contribution is 4.88. The third kappa shape index (κ3) is 5.21. The van der Waals surface area contributed by atoms with Gasteiger partial charge in [-0.3, -0.25) is 14.7 Å². The van der Waals surface area contributed by atoms with Crippen LogP contribution in [0, 0.1) is 5.92 Å². The first-order valence-electron chi connectivity index (χ1n) is 9.20. The maximum atomic E-state index is 2.68. The van der Waals surface area contributed by atoms with Crippen LogP contribution in [-0.2, 0) is 0 Å². The first kappa shape index (κ1) is 19.9. The Morgan fingerprint density at radius 2 is 1.36 bits per heavy atom. The van der Waals surface area contributed by atoms with Crippen molar-refractivity contribution < 1.29 is 0 Å². The first-order chi connectivity index (χ1) is 9.96. The van der Waals surface area contributed by atoms with Gasteiger partial charge in [0.05, 0.1) is 0 Å². The van der Waals surface area contributed by atoms with E-state index in [1.54, 1.807) is 0 Å². The van der Waals surface area contributed by atoms with Crippen molar-refractivity contribution in [3.63, 3.8) is 0 Å². The van der Waals surface area contributed by atoms with Crippen molar-refractivity contribution in [1.29, 1.82) is 0 Å². The van der Waals surface area contributed by atoms with Gasteiger partial charge in [-0.1, -0.05) is 13.8 Å². The molecule has 1 aliphatic rings. The van der Waals surface area contributed by atoms with E-state index in [-0.39, 0.29) is 5.54 Å². The molecule has 1 fully saturated rings. The van der Waals surface area contributed by atoms with Crippen LogP contribution in [-0.4, -0.2) is 71.1 Å². The van der Waals surface area contributed by atoms with E-state index in [0.717, 1.165) is 0 Å². The van der Waals surface area contributed by atoms with Gasteiger partial charge in [-0.2, -0.15) is 0 Å². The van der Waals surface area contributed by atoms with Crippen molar-refractivity contribution in [3.05, 3.63) is 0 Å². The van der Waals surface area contributed by atoms with E-state index >= 15 is 0 Å². The van der Waals surface area contributed by atoms with Crippen molar-refractivity contribution in [2.24, 2.45) is 5.92 Å². The van der Waals surface area contributed by atoms with Crippen LogP contribution in [0.15, 0.2) is 0 Å². The van der Waals surface area contributed by atoms with Crippen molar-refractivity contribution >= 4 is 0 Å². The number of rotatable bonds is 6. The molecule has 0 N–H and O–H groups in total. The highest BCUT2D eigenvalue weighted by Crippen LogP contribution is 2.25. The van der Waals surface area contributed by atoms with Gasteiger partial charge < -0.3 is 0 Å². The molecule has 0 radical (unpaired) electrons. The summed E-state index contributed by atoms with van der Waals surface area (Å²) in [4.78, 5) is 7.95. The van der Waals surface area contributed by atoms with Gasteiger partial charge in [-0.25, -0.2) is 0 Å². The van der Waals surface area contributed by atoms with E-state index in [0.29, 0.717) is 17.5 Å². The van der Waals surface area contributed by atoms with E-state index in [9.17, 15) is 0 Å². The van der Waals surface area contributed by atoms with Gasteiger partial charge >= 0.3 is 0 Å². The van der Waals surface area contributed by atoms with Crippen LogP contribution in [0.25, 0.3) is 0 Å². The molecule has 0 aliphatic carbocycles. The Morgan fingerprint density at radius 1 is 0.864 bits per heavy atom. The summed E-state index contributed by atoms with van der Waals surface area (Å²) < 4.78 is 0. The molecule has 0 bridgehead atoms. The molecule has 0 aromatic rings. The molecule has 1 aliphatic heterocycles. The molecule has 0 saturated carbocycles. The first-order valence-corrected chi connectivity index (χ1v) is 9.20. The van der Waals surface area contributed by atoms with E-state index < -0.39 is 0 Å². The number of nitrogens with zero attached hydrogens (tertiary/aromatic N) is 3. The minimum absolute atomic E-state index is 0.260. The fourth-order valence-corrected chi connectivity index (χ4v) is 3.53. The lowest BCUT2D eigenvalue weighted by molar-refractivity contribution is 0.0158. The standard InChI is InChI=1S/C19H41N3/c1-16(2)19(8,9)21-13-10-20(11-14-21)12-15-22(17(3)4)18(5,6)7/h16-17H,10-15H2,1-9H3. The lowest BCUT2D eigenvalue weighted by Gasteiger charge is -2.47. The molecule has 22 heavy (non-hydrogen) atoms. The van der Waals surface area contributed by atoms with Crippen LogP contribution in [0.4, 0.5) is 0 Å². The maximum Gasteiger partial charge on any atom is 0.0177 e. The van der Waals surface area contributed by atoms with Crippen LogP contribution >= 0.6 is 0 Å². The SMILES string of the molecule is CC(C)N(CCN1CCN(C(C)(C)C(C)C)CC1)C(C)(C)C. The Labute approximate surface area is 140 Å². The largest absolute Gasteiger partial charge is 0.300 e. The van der Waals surface area contributed by atoms with Crippen molar-refractivity contribution in [3.8, 4) is 0 Å². The zero-order valence-corrected chi connectivity index (χ0v) is 16.7. The van der Waals surface area contributed by atoms with Gasteiger partial charge in [0.25, 0.3) is 0 Å². The summed E-state index contributed by atoms with van der Waals surface area (Å²) in [6, 6.07) is 0.612. The van der Waals surface area contributed by atoms with Gasteiger partial charge in [0, 0.05) is 56.4 Å². The van der Waals surface area contributed by atoms with Crippen LogP contribution in [0.2, 0.25) is 0 Å². The molecule has 0 amide bonds. The summed E-state index contributed by atoms with van der Waals surface area (Å²) in [5.41, 5.74) is 0.580. The van der Waals surface area contributed by atoms with Gasteiger partial charge in [0.2, 0.25) is 0 Å². The molecular weight excluding hydrogens is 270 g/mol. The number of hydrogen-bond donors (Lipinski definition) is 0. The molecule has 0 unspecified atom stereocenters. The average molecular weight is 312 g/mol.